The summed E-state index contributed by atoms with van der Waals surface area (Å²) in [5.74, 6) is 0.578. The van der Waals surface area contributed by atoms with Crippen LogP contribution in [0, 0.1) is 0 Å². The van der Waals surface area contributed by atoms with Crippen molar-refractivity contribution in [2.75, 3.05) is 7.11 Å². The number of H-pyrrole nitrogens is 1. The van der Waals surface area contributed by atoms with E-state index in [0.717, 1.165) is 27.8 Å². The number of benzene rings is 2. The number of fused-ring (bicyclic) bond motifs is 1. The fourth-order valence-corrected chi connectivity index (χ4v) is 2.79. The number of amides is 1. The molecule has 1 heterocycles. The maximum atomic E-state index is 12.3. The SMILES string of the molecule is COc1ccccc1CNC(=O)[C@@H](N)Cc1c[nH]c2ccccc12. The first-order valence-electron chi connectivity index (χ1n) is 7.89. The number of nitrogens with one attached hydrogen (secondary N) is 2. The van der Waals surface area contributed by atoms with Gasteiger partial charge in [0.15, 0.2) is 0 Å². The average molecular weight is 323 g/mol. The van der Waals surface area contributed by atoms with Gasteiger partial charge in [0.2, 0.25) is 5.91 Å². The van der Waals surface area contributed by atoms with E-state index in [1.165, 1.54) is 0 Å². The predicted octanol–water partition coefficient (Wildman–Crippen LogP) is 2.36. The Morgan fingerprint density at radius 1 is 1.17 bits per heavy atom. The van der Waals surface area contributed by atoms with Crippen LogP contribution < -0.4 is 15.8 Å². The van der Waals surface area contributed by atoms with Crippen LogP contribution in [-0.2, 0) is 17.8 Å². The van der Waals surface area contributed by atoms with Gasteiger partial charge < -0.3 is 20.8 Å². The Bertz CT molecular complexity index is 841. The molecule has 1 atom stereocenters. The Labute approximate surface area is 140 Å². The molecule has 0 saturated heterocycles. The van der Waals surface area contributed by atoms with Gasteiger partial charge in [-0.2, -0.15) is 0 Å². The lowest BCUT2D eigenvalue weighted by Crippen LogP contribution is -2.41. The highest BCUT2D eigenvalue weighted by Crippen LogP contribution is 2.19. The second-order valence-electron chi connectivity index (χ2n) is 5.70. The Morgan fingerprint density at radius 3 is 2.75 bits per heavy atom. The zero-order valence-electron chi connectivity index (χ0n) is 13.6. The van der Waals surface area contributed by atoms with Crippen LogP contribution in [0.2, 0.25) is 0 Å². The topological polar surface area (TPSA) is 80.1 Å². The number of carbonyl (C=O) groups excluding carboxylic acids is 1. The monoisotopic (exact) mass is 323 g/mol. The maximum absolute atomic E-state index is 12.3. The molecule has 0 radical (unpaired) electrons. The van der Waals surface area contributed by atoms with Gasteiger partial charge in [-0.25, -0.2) is 0 Å². The number of aromatic amines is 1. The van der Waals surface area contributed by atoms with Crippen LogP contribution in [0.3, 0.4) is 0 Å². The third-order valence-corrected chi connectivity index (χ3v) is 4.10. The number of hydrogen-bond donors (Lipinski definition) is 3. The van der Waals surface area contributed by atoms with E-state index in [1.807, 2.05) is 54.7 Å². The Kier molecular flexibility index (Phi) is 4.82. The molecule has 0 aliphatic heterocycles. The van der Waals surface area contributed by atoms with Gasteiger partial charge in [-0.15, -0.1) is 0 Å². The van der Waals surface area contributed by atoms with Crippen LogP contribution in [0.1, 0.15) is 11.1 Å². The molecule has 0 aliphatic rings. The van der Waals surface area contributed by atoms with E-state index in [1.54, 1.807) is 7.11 Å². The number of carbonyl (C=O) groups is 1. The highest BCUT2D eigenvalue weighted by molar-refractivity contribution is 5.86. The van der Waals surface area contributed by atoms with Crippen LogP contribution in [0.5, 0.6) is 5.75 Å². The van der Waals surface area contributed by atoms with Crippen LogP contribution in [0.15, 0.2) is 54.7 Å². The van der Waals surface area contributed by atoms with Gasteiger partial charge in [-0.3, -0.25) is 4.79 Å². The summed E-state index contributed by atoms with van der Waals surface area (Å²) in [5, 5.41) is 3.98. The Morgan fingerprint density at radius 2 is 1.92 bits per heavy atom. The van der Waals surface area contributed by atoms with E-state index in [4.69, 9.17) is 10.5 Å². The molecular formula is C19H21N3O2. The Hall–Kier alpha value is -2.79. The summed E-state index contributed by atoms with van der Waals surface area (Å²) in [6.45, 7) is 0.393. The molecule has 3 rings (SSSR count). The van der Waals surface area contributed by atoms with Gasteiger partial charge in [-0.1, -0.05) is 36.4 Å². The smallest absolute Gasteiger partial charge is 0.237 e. The number of methoxy groups -OCH3 is 1. The number of rotatable bonds is 6. The molecular weight excluding hydrogens is 302 g/mol. The quantitative estimate of drug-likeness (QED) is 0.651. The van der Waals surface area contributed by atoms with Crippen molar-refractivity contribution in [3.8, 4) is 5.75 Å². The normalized spacial score (nSPS) is 12.1. The van der Waals surface area contributed by atoms with E-state index in [-0.39, 0.29) is 5.91 Å². The zero-order chi connectivity index (χ0) is 16.9. The van der Waals surface area contributed by atoms with Crippen LogP contribution in [0.4, 0.5) is 0 Å². The standard InChI is InChI=1S/C19H21N3O2/c1-24-18-9-5-2-6-13(18)11-22-19(23)16(20)10-14-12-21-17-8-4-3-7-15(14)17/h2-9,12,16,21H,10-11,20H2,1H3,(H,22,23)/t16-/m0/s1. The van der Waals surface area contributed by atoms with Crippen molar-refractivity contribution in [1.29, 1.82) is 0 Å². The van der Waals surface area contributed by atoms with Crippen LogP contribution >= 0.6 is 0 Å². The third kappa shape index (κ3) is 3.41. The minimum atomic E-state index is -0.598. The predicted molar refractivity (Wildman–Crippen MR) is 94.8 cm³/mol. The second kappa shape index (κ2) is 7.19. The molecule has 0 unspecified atom stereocenters. The van der Waals surface area contributed by atoms with Gasteiger partial charge in [-0.05, 0) is 24.1 Å². The highest BCUT2D eigenvalue weighted by atomic mass is 16.5. The van der Waals surface area contributed by atoms with Gasteiger partial charge in [0, 0.05) is 29.2 Å². The summed E-state index contributed by atoms with van der Waals surface area (Å²) in [4.78, 5) is 15.5. The zero-order valence-corrected chi connectivity index (χ0v) is 13.6. The van der Waals surface area contributed by atoms with Gasteiger partial charge in [0.1, 0.15) is 5.75 Å². The lowest BCUT2D eigenvalue weighted by Gasteiger charge is -2.13. The van der Waals surface area contributed by atoms with E-state index in [0.29, 0.717) is 13.0 Å². The molecule has 2 aromatic carbocycles. The summed E-state index contributed by atoms with van der Waals surface area (Å²) < 4.78 is 5.28. The summed E-state index contributed by atoms with van der Waals surface area (Å²) >= 11 is 0. The largest absolute Gasteiger partial charge is 0.496 e. The second-order valence-corrected chi connectivity index (χ2v) is 5.70. The molecule has 124 valence electrons. The van der Waals surface area contributed by atoms with Gasteiger partial charge in [0.05, 0.1) is 13.2 Å². The third-order valence-electron chi connectivity index (χ3n) is 4.10. The van der Waals surface area contributed by atoms with Crippen molar-refractivity contribution in [3.63, 3.8) is 0 Å². The first-order chi connectivity index (χ1) is 11.7. The molecule has 0 aliphatic carbocycles. The highest BCUT2D eigenvalue weighted by Gasteiger charge is 2.16. The van der Waals surface area contributed by atoms with Gasteiger partial charge in [0.25, 0.3) is 0 Å². The lowest BCUT2D eigenvalue weighted by molar-refractivity contribution is -0.122. The van der Waals surface area contributed by atoms with Crippen molar-refractivity contribution in [1.82, 2.24) is 10.3 Å². The van der Waals surface area contributed by atoms with Crippen molar-refractivity contribution < 1.29 is 9.53 Å². The molecule has 1 aromatic heterocycles. The summed E-state index contributed by atoms with van der Waals surface area (Å²) in [7, 11) is 1.61. The summed E-state index contributed by atoms with van der Waals surface area (Å²) in [6, 6.07) is 15.0. The van der Waals surface area contributed by atoms with Crippen molar-refractivity contribution >= 4 is 16.8 Å². The summed E-state index contributed by atoms with van der Waals surface area (Å²) in [5.41, 5.74) is 9.10. The van der Waals surface area contributed by atoms with E-state index < -0.39 is 6.04 Å². The number of hydrogen-bond acceptors (Lipinski definition) is 3. The molecule has 0 spiro atoms. The maximum Gasteiger partial charge on any atom is 0.237 e. The number of aromatic nitrogens is 1. The van der Waals surface area contributed by atoms with Crippen molar-refractivity contribution in [3.05, 3.63) is 65.9 Å². The molecule has 0 bridgehead atoms. The molecule has 5 nitrogen and oxygen atoms in total. The number of nitrogens with two attached hydrogens (primary N) is 1. The molecule has 4 N–H and O–H groups in total. The molecule has 0 saturated carbocycles. The number of para-hydroxylation sites is 2. The van der Waals surface area contributed by atoms with Crippen LogP contribution in [0.25, 0.3) is 10.9 Å². The fourth-order valence-electron chi connectivity index (χ4n) is 2.79. The fraction of sp³-hybridized carbons (Fsp3) is 0.211. The number of ether oxygens (including phenoxy) is 1. The van der Waals surface area contributed by atoms with Crippen LogP contribution in [-0.4, -0.2) is 24.0 Å². The van der Waals surface area contributed by atoms with E-state index in [2.05, 4.69) is 10.3 Å². The van der Waals surface area contributed by atoms with E-state index >= 15 is 0 Å². The lowest BCUT2D eigenvalue weighted by atomic mass is 10.0. The van der Waals surface area contributed by atoms with Crippen molar-refractivity contribution in [2.45, 2.75) is 19.0 Å². The first-order valence-corrected chi connectivity index (χ1v) is 7.89. The molecule has 3 aromatic rings. The van der Waals surface area contributed by atoms with E-state index in [9.17, 15) is 4.79 Å². The Balaban J connectivity index is 1.63. The first kappa shape index (κ1) is 16.1. The molecule has 5 heteroatoms. The average Bonchev–Trinajstić information content (AvgIpc) is 3.03. The molecule has 24 heavy (non-hydrogen) atoms. The summed E-state index contributed by atoms with van der Waals surface area (Å²) in [6.07, 6.45) is 2.40. The molecule has 0 fully saturated rings. The van der Waals surface area contributed by atoms with Crippen molar-refractivity contribution in [2.24, 2.45) is 5.73 Å². The van der Waals surface area contributed by atoms with Gasteiger partial charge >= 0.3 is 0 Å². The minimum Gasteiger partial charge on any atom is -0.496 e. The molecule has 1 amide bonds. The minimum absolute atomic E-state index is 0.175.